The molecule has 176 valence electrons. The smallest absolute Gasteiger partial charge is 1.00 e. The molecule has 6 rings (SSSR count). The van der Waals surface area contributed by atoms with E-state index in [4.69, 9.17) is 0 Å². The maximum atomic E-state index is 2.29. The summed E-state index contributed by atoms with van der Waals surface area (Å²) < 4.78 is 0. The number of halogens is 2. The van der Waals surface area contributed by atoms with Crippen molar-refractivity contribution >= 4 is 34.7 Å². The largest absolute Gasteiger partial charge is 4.00 e. The molecule has 2 aromatic rings. The van der Waals surface area contributed by atoms with E-state index in [9.17, 15) is 0 Å². The molecule has 2 aliphatic carbocycles. The third kappa shape index (κ3) is 7.40. The van der Waals surface area contributed by atoms with E-state index in [1.54, 1.807) is 0 Å². The SMILES string of the molecule is CC1=CC(C=C2[CH-]Sc3ccccc32)=CC1.CC1=CC(C=C2[CH-]Sc3ccccc32)=CC1.[Cl-].[Cl-].[Zr+4]. The van der Waals surface area contributed by atoms with Crippen LogP contribution in [0.2, 0.25) is 0 Å². The van der Waals surface area contributed by atoms with Gasteiger partial charge in [-0.2, -0.15) is 46.8 Å². The third-order valence-corrected chi connectivity index (χ3v) is 7.78. The second-order valence-corrected chi connectivity index (χ2v) is 10.3. The summed E-state index contributed by atoms with van der Waals surface area (Å²) in [6, 6.07) is 17.2. The van der Waals surface area contributed by atoms with Crippen molar-refractivity contribution in [3.05, 3.63) is 130 Å². The summed E-state index contributed by atoms with van der Waals surface area (Å²) in [4.78, 5) is 2.74. The van der Waals surface area contributed by atoms with Crippen LogP contribution in [0.3, 0.4) is 0 Å². The second kappa shape index (κ2) is 13.9. The van der Waals surface area contributed by atoms with E-state index < -0.39 is 0 Å². The maximum Gasteiger partial charge on any atom is 4.00 e. The van der Waals surface area contributed by atoms with Gasteiger partial charge in [-0.25, -0.2) is 0 Å². The molecule has 0 N–H and O–H groups in total. The van der Waals surface area contributed by atoms with Crippen molar-refractivity contribution in [1.29, 1.82) is 0 Å². The molecular weight excluding hydrogens is 587 g/mol. The van der Waals surface area contributed by atoms with E-state index in [1.807, 2.05) is 23.5 Å². The average Bonchev–Trinajstić information content (AvgIpc) is 3.59. The van der Waals surface area contributed by atoms with Crippen LogP contribution in [0.4, 0.5) is 0 Å². The maximum absolute atomic E-state index is 2.29. The first-order chi connectivity index (χ1) is 15.7. The van der Waals surface area contributed by atoms with E-state index >= 15 is 0 Å². The van der Waals surface area contributed by atoms with Gasteiger partial charge in [0.1, 0.15) is 0 Å². The quantitative estimate of drug-likeness (QED) is 0.478. The Bertz CT molecular complexity index is 1150. The van der Waals surface area contributed by atoms with Crippen LogP contribution >= 0.6 is 23.5 Å². The van der Waals surface area contributed by atoms with Gasteiger partial charge in [-0.1, -0.05) is 83.0 Å². The van der Waals surface area contributed by atoms with Crippen LogP contribution in [0.5, 0.6) is 0 Å². The van der Waals surface area contributed by atoms with Crippen LogP contribution in [0.25, 0.3) is 11.1 Å². The fourth-order valence-corrected chi connectivity index (χ4v) is 5.98. The van der Waals surface area contributed by atoms with Gasteiger partial charge in [0.2, 0.25) is 0 Å². The van der Waals surface area contributed by atoms with Gasteiger partial charge in [-0.15, -0.1) is 34.8 Å². The topological polar surface area (TPSA) is 0 Å². The van der Waals surface area contributed by atoms with Gasteiger partial charge >= 0.3 is 26.2 Å². The molecular formula is C30H26Cl2S2Zr. The first kappa shape index (κ1) is 30.0. The Morgan fingerprint density at radius 1 is 0.657 bits per heavy atom. The summed E-state index contributed by atoms with van der Waals surface area (Å²) in [6.45, 7) is 4.37. The summed E-state index contributed by atoms with van der Waals surface area (Å²) in [6.07, 6.45) is 15.9. The fraction of sp³-hybridized carbons (Fsp3) is 0.133. The van der Waals surface area contributed by atoms with Gasteiger partial charge in [-0.3, -0.25) is 0 Å². The predicted octanol–water partition coefficient (Wildman–Crippen LogP) is 3.23. The zero-order chi connectivity index (χ0) is 21.9. The number of allylic oxidation sites excluding steroid dienone is 10. The van der Waals surface area contributed by atoms with Crippen molar-refractivity contribution in [3.8, 4) is 0 Å². The Balaban J connectivity index is 0.000000227. The van der Waals surface area contributed by atoms with Crippen LogP contribution in [0.1, 0.15) is 37.8 Å². The molecule has 0 saturated heterocycles. The number of hydrogen-bond donors (Lipinski definition) is 0. The number of thioether (sulfide) groups is 2. The van der Waals surface area contributed by atoms with Gasteiger partial charge in [0.25, 0.3) is 0 Å². The van der Waals surface area contributed by atoms with E-state index in [-0.39, 0.29) is 51.0 Å². The molecule has 0 unspecified atom stereocenters. The Labute approximate surface area is 250 Å². The molecule has 35 heavy (non-hydrogen) atoms. The normalized spacial score (nSPS) is 18.7. The van der Waals surface area contributed by atoms with Crippen LogP contribution < -0.4 is 24.8 Å². The first-order valence-electron chi connectivity index (χ1n) is 11.0. The molecule has 2 aromatic carbocycles. The summed E-state index contributed by atoms with van der Waals surface area (Å²) in [5.74, 6) is 4.49. The van der Waals surface area contributed by atoms with E-state index in [0.29, 0.717) is 0 Å². The molecule has 0 amide bonds. The molecule has 2 heterocycles. The van der Waals surface area contributed by atoms with E-state index in [0.717, 1.165) is 12.8 Å². The minimum Gasteiger partial charge on any atom is -1.00 e. The monoisotopic (exact) mass is 610 g/mol. The molecule has 2 aliphatic heterocycles. The minimum atomic E-state index is 0. The average molecular weight is 613 g/mol. The Morgan fingerprint density at radius 3 is 1.43 bits per heavy atom. The second-order valence-electron chi connectivity index (χ2n) is 8.46. The first-order valence-corrected chi connectivity index (χ1v) is 12.8. The van der Waals surface area contributed by atoms with Crippen LogP contribution in [-0.2, 0) is 26.2 Å². The van der Waals surface area contributed by atoms with Crippen LogP contribution in [-0.4, -0.2) is 0 Å². The van der Waals surface area contributed by atoms with E-state index in [1.165, 1.54) is 54.4 Å². The van der Waals surface area contributed by atoms with Gasteiger partial charge in [0, 0.05) is 0 Å². The Morgan fingerprint density at radius 2 is 1.06 bits per heavy atom. The van der Waals surface area contributed by atoms with Crippen molar-refractivity contribution in [3.63, 3.8) is 0 Å². The van der Waals surface area contributed by atoms with Crippen LogP contribution in [0.15, 0.2) is 117 Å². The van der Waals surface area contributed by atoms with Crippen molar-refractivity contribution in [2.24, 2.45) is 0 Å². The molecule has 0 nitrogen and oxygen atoms in total. The fourth-order valence-electron chi connectivity index (χ4n) is 4.14. The standard InChI is InChI=1S/2C15H13S.2ClH.Zr/c2*1-11-6-7-12(8-11)9-13-10-16-15-5-3-2-4-14(13)15;;;/h2*2-5,7-10H,6H2,1H3;2*1H;/q2*-1;;;+4/p-2. The van der Waals surface area contributed by atoms with Gasteiger partial charge in [0.05, 0.1) is 0 Å². The zero-order valence-corrected chi connectivity index (χ0v) is 25.3. The molecule has 0 radical (unpaired) electrons. The molecule has 0 atom stereocenters. The molecule has 5 heteroatoms. The molecule has 0 saturated carbocycles. The Hall–Kier alpha value is -1.22. The van der Waals surface area contributed by atoms with Crippen molar-refractivity contribution in [1.82, 2.24) is 0 Å². The summed E-state index contributed by atoms with van der Waals surface area (Å²) >= 11 is 3.64. The predicted molar refractivity (Wildman–Crippen MR) is 142 cm³/mol. The van der Waals surface area contributed by atoms with Gasteiger partial charge in [0.15, 0.2) is 0 Å². The van der Waals surface area contributed by atoms with Crippen LogP contribution in [0, 0.1) is 11.5 Å². The number of benzene rings is 2. The van der Waals surface area contributed by atoms with E-state index in [2.05, 4.69) is 110 Å². The summed E-state index contributed by atoms with van der Waals surface area (Å²) in [5.41, 5.74) is 11.0. The number of fused-ring (bicyclic) bond motifs is 2. The summed E-state index contributed by atoms with van der Waals surface area (Å²) in [5, 5.41) is 0. The molecule has 0 spiro atoms. The van der Waals surface area contributed by atoms with Crippen molar-refractivity contribution in [2.45, 2.75) is 36.5 Å². The summed E-state index contributed by atoms with van der Waals surface area (Å²) in [7, 11) is 0. The Kier molecular flexibility index (Phi) is 11.9. The minimum absolute atomic E-state index is 0. The zero-order valence-electron chi connectivity index (χ0n) is 19.7. The van der Waals surface area contributed by atoms with Gasteiger partial charge in [-0.05, 0) is 36.5 Å². The molecule has 0 aromatic heterocycles. The third-order valence-electron chi connectivity index (χ3n) is 5.81. The van der Waals surface area contributed by atoms with Gasteiger partial charge < -0.3 is 24.8 Å². The van der Waals surface area contributed by atoms with Crippen molar-refractivity contribution < 1.29 is 51.0 Å². The molecule has 0 bridgehead atoms. The van der Waals surface area contributed by atoms with Crippen molar-refractivity contribution in [2.75, 3.05) is 0 Å². The number of rotatable bonds is 2. The number of hydrogen-bond acceptors (Lipinski definition) is 2. The molecule has 4 aliphatic rings. The molecule has 0 fully saturated rings.